The molecule has 0 atom stereocenters. The third-order valence-electron chi connectivity index (χ3n) is 3.90. The number of anilines is 1. The highest BCUT2D eigenvalue weighted by molar-refractivity contribution is 5.94. The molecule has 0 saturated carbocycles. The lowest BCUT2D eigenvalue weighted by Gasteiger charge is -2.30. The van der Waals surface area contributed by atoms with E-state index in [1.807, 2.05) is 26.1 Å². The van der Waals surface area contributed by atoms with Crippen molar-refractivity contribution in [2.24, 2.45) is 0 Å². The van der Waals surface area contributed by atoms with E-state index < -0.39 is 0 Å². The second-order valence-electron chi connectivity index (χ2n) is 6.00. The molecule has 4 nitrogen and oxygen atoms in total. The van der Waals surface area contributed by atoms with Crippen LogP contribution in [0.5, 0.6) is 0 Å². The van der Waals surface area contributed by atoms with Gasteiger partial charge < -0.3 is 10.2 Å². The summed E-state index contributed by atoms with van der Waals surface area (Å²) in [4.78, 5) is 18.6. The Morgan fingerprint density at radius 3 is 2.77 bits per heavy atom. The van der Waals surface area contributed by atoms with Gasteiger partial charge in [0.2, 0.25) is 0 Å². The molecule has 1 aromatic heterocycles. The number of fused-ring (bicyclic) bond motifs is 1. The number of pyridine rings is 1. The van der Waals surface area contributed by atoms with Crippen LogP contribution in [0, 0.1) is 0 Å². The SMILES string of the molecule is CC(C)NC(=O)c1cncc(N2CCc3ccccc3C2)c1. The van der Waals surface area contributed by atoms with Gasteiger partial charge in [-0.25, -0.2) is 0 Å². The Kier molecular flexibility index (Phi) is 4.09. The third kappa shape index (κ3) is 3.11. The highest BCUT2D eigenvalue weighted by atomic mass is 16.1. The molecule has 3 rings (SSSR count). The van der Waals surface area contributed by atoms with E-state index in [9.17, 15) is 4.79 Å². The van der Waals surface area contributed by atoms with E-state index in [2.05, 4.69) is 39.5 Å². The van der Waals surface area contributed by atoms with Gasteiger partial charge in [0.1, 0.15) is 0 Å². The summed E-state index contributed by atoms with van der Waals surface area (Å²) < 4.78 is 0. The fraction of sp³-hybridized carbons (Fsp3) is 0.333. The number of amides is 1. The molecule has 1 aliphatic rings. The van der Waals surface area contributed by atoms with Crippen molar-refractivity contribution in [1.82, 2.24) is 10.3 Å². The van der Waals surface area contributed by atoms with E-state index in [1.165, 1.54) is 11.1 Å². The van der Waals surface area contributed by atoms with Crippen molar-refractivity contribution in [3.8, 4) is 0 Å². The standard InChI is InChI=1S/C18H21N3O/c1-13(2)20-18(22)16-9-17(11-19-10-16)21-8-7-14-5-3-4-6-15(14)12-21/h3-6,9-11,13H,7-8,12H2,1-2H3,(H,20,22). The molecule has 1 amide bonds. The second kappa shape index (κ2) is 6.18. The second-order valence-corrected chi connectivity index (χ2v) is 6.00. The molecule has 0 bridgehead atoms. The lowest BCUT2D eigenvalue weighted by Crippen LogP contribution is -2.32. The maximum absolute atomic E-state index is 12.1. The zero-order chi connectivity index (χ0) is 15.5. The number of hydrogen-bond acceptors (Lipinski definition) is 3. The zero-order valence-electron chi connectivity index (χ0n) is 13.0. The third-order valence-corrected chi connectivity index (χ3v) is 3.90. The Labute approximate surface area is 131 Å². The Balaban J connectivity index is 1.80. The molecule has 0 radical (unpaired) electrons. The van der Waals surface area contributed by atoms with Crippen LogP contribution in [0.3, 0.4) is 0 Å². The monoisotopic (exact) mass is 295 g/mol. The number of nitrogens with one attached hydrogen (secondary N) is 1. The predicted molar refractivity (Wildman–Crippen MR) is 88.0 cm³/mol. The summed E-state index contributed by atoms with van der Waals surface area (Å²) in [6.45, 7) is 5.73. The van der Waals surface area contributed by atoms with E-state index in [4.69, 9.17) is 0 Å². The molecular formula is C18H21N3O. The lowest BCUT2D eigenvalue weighted by atomic mass is 9.99. The highest BCUT2D eigenvalue weighted by Crippen LogP contribution is 2.24. The first-order valence-corrected chi connectivity index (χ1v) is 7.71. The summed E-state index contributed by atoms with van der Waals surface area (Å²) in [7, 11) is 0. The number of aromatic nitrogens is 1. The fourth-order valence-corrected chi connectivity index (χ4v) is 2.79. The first kappa shape index (κ1) is 14.6. The van der Waals surface area contributed by atoms with Gasteiger partial charge in [-0.05, 0) is 37.5 Å². The molecule has 0 aliphatic carbocycles. The topological polar surface area (TPSA) is 45.2 Å². The zero-order valence-corrected chi connectivity index (χ0v) is 13.0. The summed E-state index contributed by atoms with van der Waals surface area (Å²) in [5.74, 6) is -0.0678. The molecule has 0 saturated heterocycles. The highest BCUT2D eigenvalue weighted by Gasteiger charge is 2.17. The summed E-state index contributed by atoms with van der Waals surface area (Å²) in [6, 6.07) is 10.6. The molecule has 0 unspecified atom stereocenters. The Hall–Kier alpha value is -2.36. The predicted octanol–water partition coefficient (Wildman–Crippen LogP) is 2.78. The average molecular weight is 295 g/mol. The van der Waals surface area contributed by atoms with E-state index in [0.29, 0.717) is 5.56 Å². The van der Waals surface area contributed by atoms with Gasteiger partial charge in [-0.2, -0.15) is 0 Å². The quantitative estimate of drug-likeness (QED) is 0.947. The van der Waals surface area contributed by atoms with Gasteiger partial charge in [-0.1, -0.05) is 24.3 Å². The van der Waals surface area contributed by atoms with Gasteiger partial charge in [-0.3, -0.25) is 9.78 Å². The molecule has 114 valence electrons. The van der Waals surface area contributed by atoms with Crippen LogP contribution in [0.4, 0.5) is 5.69 Å². The summed E-state index contributed by atoms with van der Waals surface area (Å²) in [6.07, 6.45) is 4.48. The van der Waals surface area contributed by atoms with Gasteiger partial charge in [0, 0.05) is 25.3 Å². The Morgan fingerprint density at radius 2 is 2.00 bits per heavy atom. The molecule has 1 aliphatic heterocycles. The first-order chi connectivity index (χ1) is 10.6. The number of benzene rings is 1. The lowest BCUT2D eigenvalue weighted by molar-refractivity contribution is 0.0943. The van der Waals surface area contributed by atoms with Crippen LogP contribution >= 0.6 is 0 Å². The molecule has 2 aromatic rings. The van der Waals surface area contributed by atoms with E-state index in [-0.39, 0.29) is 11.9 Å². The van der Waals surface area contributed by atoms with Crippen molar-refractivity contribution >= 4 is 11.6 Å². The average Bonchev–Trinajstić information content (AvgIpc) is 2.54. The van der Waals surface area contributed by atoms with Crippen molar-refractivity contribution in [3.63, 3.8) is 0 Å². The van der Waals surface area contributed by atoms with Crippen LogP contribution in [0.15, 0.2) is 42.7 Å². The van der Waals surface area contributed by atoms with Gasteiger partial charge in [0.15, 0.2) is 0 Å². The summed E-state index contributed by atoms with van der Waals surface area (Å²) >= 11 is 0. The maximum Gasteiger partial charge on any atom is 0.253 e. The van der Waals surface area contributed by atoms with E-state index in [1.54, 1.807) is 6.20 Å². The minimum Gasteiger partial charge on any atom is -0.366 e. The molecule has 22 heavy (non-hydrogen) atoms. The van der Waals surface area contributed by atoms with Gasteiger partial charge in [-0.15, -0.1) is 0 Å². The molecule has 2 heterocycles. The van der Waals surface area contributed by atoms with Crippen molar-refractivity contribution in [2.75, 3.05) is 11.4 Å². The van der Waals surface area contributed by atoms with Crippen molar-refractivity contribution in [3.05, 3.63) is 59.4 Å². The first-order valence-electron chi connectivity index (χ1n) is 7.71. The number of nitrogens with zero attached hydrogens (tertiary/aromatic N) is 2. The van der Waals surface area contributed by atoms with Crippen molar-refractivity contribution in [2.45, 2.75) is 32.9 Å². The van der Waals surface area contributed by atoms with Crippen LogP contribution in [0.1, 0.15) is 35.3 Å². The van der Waals surface area contributed by atoms with Crippen molar-refractivity contribution in [1.29, 1.82) is 0 Å². The minimum atomic E-state index is -0.0678. The molecule has 1 N–H and O–H groups in total. The summed E-state index contributed by atoms with van der Waals surface area (Å²) in [5.41, 5.74) is 4.39. The number of carbonyl (C=O) groups is 1. The molecular weight excluding hydrogens is 274 g/mol. The molecule has 1 aromatic carbocycles. The van der Waals surface area contributed by atoms with Crippen LogP contribution in [-0.4, -0.2) is 23.5 Å². The fourth-order valence-electron chi connectivity index (χ4n) is 2.79. The van der Waals surface area contributed by atoms with Crippen LogP contribution in [0.25, 0.3) is 0 Å². The molecule has 0 fully saturated rings. The van der Waals surface area contributed by atoms with Crippen molar-refractivity contribution < 1.29 is 4.79 Å². The minimum absolute atomic E-state index is 0.0678. The van der Waals surface area contributed by atoms with E-state index in [0.717, 1.165) is 25.2 Å². The summed E-state index contributed by atoms with van der Waals surface area (Å²) in [5, 5.41) is 2.91. The molecule has 0 spiro atoms. The van der Waals surface area contributed by atoms with Gasteiger partial charge in [0.25, 0.3) is 5.91 Å². The number of hydrogen-bond donors (Lipinski definition) is 1. The maximum atomic E-state index is 12.1. The Bertz CT molecular complexity index is 682. The number of rotatable bonds is 3. The van der Waals surface area contributed by atoms with E-state index >= 15 is 0 Å². The molecule has 4 heteroatoms. The van der Waals surface area contributed by atoms with Crippen LogP contribution < -0.4 is 10.2 Å². The largest absolute Gasteiger partial charge is 0.366 e. The van der Waals surface area contributed by atoms with Gasteiger partial charge >= 0.3 is 0 Å². The number of carbonyl (C=O) groups excluding carboxylic acids is 1. The Morgan fingerprint density at radius 1 is 1.23 bits per heavy atom. The van der Waals surface area contributed by atoms with Crippen LogP contribution in [-0.2, 0) is 13.0 Å². The van der Waals surface area contributed by atoms with Gasteiger partial charge in [0.05, 0.1) is 17.4 Å². The normalized spacial score (nSPS) is 13.9. The smallest absolute Gasteiger partial charge is 0.253 e. The van der Waals surface area contributed by atoms with Crippen LogP contribution in [0.2, 0.25) is 0 Å².